The second-order valence-corrected chi connectivity index (χ2v) is 8.17. The van der Waals surface area contributed by atoms with Gasteiger partial charge in [0.1, 0.15) is 0 Å². The predicted molar refractivity (Wildman–Crippen MR) is 126 cm³/mol. The standard InChI is InChI=1S/C23H32N6O3/c1-3-32-17-16-29-19-20(26(2)23(31)25-21(19)30)24-22(29)28-14-12-27(13-15-28)11-7-10-18-8-5-4-6-9-18/h4-6,8-9H,3,7,10-17H2,1-2H3,(H,25,30,31). The van der Waals surface area contributed by atoms with Gasteiger partial charge in [0.15, 0.2) is 11.2 Å². The third-order valence-electron chi connectivity index (χ3n) is 6.09. The molecule has 1 saturated heterocycles. The molecule has 1 aliphatic heterocycles. The number of rotatable bonds is 9. The summed E-state index contributed by atoms with van der Waals surface area (Å²) in [5.41, 5.74) is 1.36. The van der Waals surface area contributed by atoms with Crippen molar-refractivity contribution >= 4 is 17.1 Å². The van der Waals surface area contributed by atoms with Crippen molar-refractivity contribution in [3.8, 4) is 0 Å². The first-order valence-electron chi connectivity index (χ1n) is 11.4. The number of benzene rings is 1. The normalized spacial score (nSPS) is 15.0. The van der Waals surface area contributed by atoms with Crippen LogP contribution in [0.5, 0.6) is 0 Å². The number of fused-ring (bicyclic) bond motifs is 1. The molecule has 3 aromatic rings. The quantitative estimate of drug-likeness (QED) is 0.504. The van der Waals surface area contributed by atoms with Gasteiger partial charge in [0.05, 0.1) is 6.61 Å². The van der Waals surface area contributed by atoms with Gasteiger partial charge in [0.25, 0.3) is 5.56 Å². The Labute approximate surface area is 187 Å². The highest BCUT2D eigenvalue weighted by atomic mass is 16.5. The fourth-order valence-electron chi connectivity index (χ4n) is 4.30. The lowest BCUT2D eigenvalue weighted by molar-refractivity contribution is 0.140. The van der Waals surface area contributed by atoms with Crippen LogP contribution in [-0.4, -0.2) is 69.9 Å². The number of hydrogen-bond acceptors (Lipinski definition) is 6. The zero-order chi connectivity index (χ0) is 22.5. The summed E-state index contributed by atoms with van der Waals surface area (Å²) in [4.78, 5) is 36.5. The topological polar surface area (TPSA) is 88.4 Å². The number of aryl methyl sites for hydroxylation is 2. The molecule has 1 aromatic carbocycles. The van der Waals surface area contributed by atoms with Gasteiger partial charge in [-0.25, -0.2) is 4.79 Å². The van der Waals surface area contributed by atoms with Crippen LogP contribution in [0.25, 0.3) is 11.2 Å². The van der Waals surface area contributed by atoms with Crippen LogP contribution in [0.2, 0.25) is 0 Å². The summed E-state index contributed by atoms with van der Waals surface area (Å²) in [6.07, 6.45) is 2.22. The number of aromatic amines is 1. The van der Waals surface area contributed by atoms with Crippen LogP contribution in [-0.2, 0) is 24.8 Å². The smallest absolute Gasteiger partial charge is 0.329 e. The van der Waals surface area contributed by atoms with E-state index in [0.717, 1.165) is 51.5 Å². The molecule has 0 unspecified atom stereocenters. The van der Waals surface area contributed by atoms with Crippen LogP contribution < -0.4 is 16.1 Å². The van der Waals surface area contributed by atoms with Gasteiger partial charge in [-0.3, -0.25) is 19.2 Å². The van der Waals surface area contributed by atoms with Crippen LogP contribution in [0, 0.1) is 0 Å². The molecular weight excluding hydrogens is 408 g/mol. The van der Waals surface area contributed by atoms with Gasteiger partial charge in [-0.2, -0.15) is 4.98 Å². The van der Waals surface area contributed by atoms with Crippen molar-refractivity contribution in [3.63, 3.8) is 0 Å². The molecule has 9 heteroatoms. The molecule has 0 spiro atoms. The number of ether oxygens (including phenoxy) is 1. The SMILES string of the molecule is CCOCCn1c(N2CCN(CCCc3ccccc3)CC2)nc2c1c(=O)[nH]c(=O)n2C. The van der Waals surface area contributed by atoms with Crippen molar-refractivity contribution < 1.29 is 4.74 Å². The predicted octanol–water partition coefficient (Wildman–Crippen LogP) is 1.21. The van der Waals surface area contributed by atoms with Crippen LogP contribution in [0.1, 0.15) is 18.9 Å². The van der Waals surface area contributed by atoms with Crippen LogP contribution in [0.4, 0.5) is 5.95 Å². The maximum atomic E-state index is 12.6. The van der Waals surface area contributed by atoms with Crippen molar-refractivity contribution in [1.29, 1.82) is 0 Å². The number of imidazole rings is 1. The number of anilines is 1. The Morgan fingerprint density at radius 3 is 2.53 bits per heavy atom. The molecule has 2 aromatic heterocycles. The molecule has 0 saturated carbocycles. The Hall–Kier alpha value is -2.91. The first kappa shape index (κ1) is 22.3. The van der Waals surface area contributed by atoms with E-state index in [1.54, 1.807) is 7.05 Å². The number of H-pyrrole nitrogens is 1. The van der Waals surface area contributed by atoms with Gasteiger partial charge in [-0.15, -0.1) is 0 Å². The fraction of sp³-hybridized carbons (Fsp3) is 0.522. The minimum Gasteiger partial charge on any atom is -0.380 e. The molecule has 1 fully saturated rings. The van der Waals surface area contributed by atoms with Crippen molar-refractivity contribution in [3.05, 3.63) is 56.7 Å². The van der Waals surface area contributed by atoms with E-state index in [0.29, 0.717) is 30.9 Å². The largest absolute Gasteiger partial charge is 0.380 e. The van der Waals surface area contributed by atoms with E-state index in [-0.39, 0.29) is 0 Å². The molecule has 32 heavy (non-hydrogen) atoms. The van der Waals surface area contributed by atoms with Crippen molar-refractivity contribution in [2.45, 2.75) is 26.3 Å². The lowest BCUT2D eigenvalue weighted by atomic mass is 10.1. The number of aromatic nitrogens is 4. The van der Waals surface area contributed by atoms with E-state index in [1.807, 2.05) is 11.5 Å². The highest BCUT2D eigenvalue weighted by Crippen LogP contribution is 2.21. The molecule has 3 heterocycles. The summed E-state index contributed by atoms with van der Waals surface area (Å²) in [7, 11) is 1.63. The molecule has 0 atom stereocenters. The number of nitrogens with zero attached hydrogens (tertiary/aromatic N) is 5. The van der Waals surface area contributed by atoms with Gasteiger partial charge in [0, 0.05) is 46.4 Å². The lowest BCUT2D eigenvalue weighted by Crippen LogP contribution is -2.47. The molecule has 0 radical (unpaired) electrons. The minimum atomic E-state index is -0.452. The fourth-order valence-corrected chi connectivity index (χ4v) is 4.30. The van der Waals surface area contributed by atoms with E-state index in [1.165, 1.54) is 10.1 Å². The van der Waals surface area contributed by atoms with E-state index in [2.05, 4.69) is 45.1 Å². The van der Waals surface area contributed by atoms with E-state index >= 15 is 0 Å². The minimum absolute atomic E-state index is 0.405. The number of piperazine rings is 1. The van der Waals surface area contributed by atoms with Gasteiger partial charge >= 0.3 is 5.69 Å². The highest BCUT2D eigenvalue weighted by Gasteiger charge is 2.24. The summed E-state index contributed by atoms with van der Waals surface area (Å²) in [5, 5.41) is 0. The molecule has 172 valence electrons. The molecule has 4 rings (SSSR count). The van der Waals surface area contributed by atoms with Crippen molar-refractivity contribution in [2.75, 3.05) is 50.8 Å². The van der Waals surface area contributed by atoms with Crippen molar-refractivity contribution in [1.82, 2.24) is 24.0 Å². The van der Waals surface area contributed by atoms with Gasteiger partial charge in [-0.05, 0) is 31.9 Å². The molecule has 1 aliphatic rings. The summed E-state index contributed by atoms with van der Waals surface area (Å²) in [6.45, 7) is 8.16. The number of nitrogens with one attached hydrogen (secondary N) is 1. The van der Waals surface area contributed by atoms with Crippen LogP contribution in [0.15, 0.2) is 39.9 Å². The maximum absolute atomic E-state index is 12.6. The summed E-state index contributed by atoms with van der Waals surface area (Å²) < 4.78 is 8.83. The lowest BCUT2D eigenvalue weighted by Gasteiger charge is -2.35. The van der Waals surface area contributed by atoms with E-state index < -0.39 is 11.2 Å². The Morgan fingerprint density at radius 2 is 1.81 bits per heavy atom. The van der Waals surface area contributed by atoms with Crippen LogP contribution >= 0.6 is 0 Å². The Balaban J connectivity index is 1.46. The van der Waals surface area contributed by atoms with E-state index in [4.69, 9.17) is 9.72 Å². The molecule has 9 nitrogen and oxygen atoms in total. The Bertz CT molecular complexity index is 1140. The second-order valence-electron chi connectivity index (χ2n) is 8.17. The first-order valence-corrected chi connectivity index (χ1v) is 11.4. The maximum Gasteiger partial charge on any atom is 0.329 e. The van der Waals surface area contributed by atoms with Gasteiger partial charge in [0.2, 0.25) is 5.95 Å². The van der Waals surface area contributed by atoms with Crippen LogP contribution in [0.3, 0.4) is 0 Å². The van der Waals surface area contributed by atoms with Gasteiger partial charge in [-0.1, -0.05) is 30.3 Å². The average Bonchev–Trinajstić information content (AvgIpc) is 3.19. The summed E-state index contributed by atoms with van der Waals surface area (Å²) in [6, 6.07) is 10.6. The third kappa shape index (κ3) is 4.78. The Kier molecular flexibility index (Phi) is 7.06. The van der Waals surface area contributed by atoms with Crippen molar-refractivity contribution in [2.24, 2.45) is 7.05 Å². The summed E-state index contributed by atoms with van der Waals surface area (Å²) in [5.74, 6) is 0.732. The monoisotopic (exact) mass is 440 g/mol. The summed E-state index contributed by atoms with van der Waals surface area (Å²) >= 11 is 0. The molecule has 0 bridgehead atoms. The molecule has 1 N–H and O–H groups in total. The average molecular weight is 441 g/mol. The molecular formula is C23H32N6O3. The van der Waals surface area contributed by atoms with E-state index in [9.17, 15) is 9.59 Å². The second kappa shape index (κ2) is 10.1. The molecule has 0 amide bonds. The third-order valence-corrected chi connectivity index (χ3v) is 6.09. The zero-order valence-corrected chi connectivity index (χ0v) is 18.9. The zero-order valence-electron chi connectivity index (χ0n) is 18.9. The Morgan fingerprint density at radius 1 is 1.06 bits per heavy atom. The first-order chi connectivity index (χ1) is 15.6. The molecule has 0 aliphatic carbocycles. The highest BCUT2D eigenvalue weighted by molar-refractivity contribution is 5.74. The van der Waals surface area contributed by atoms with Gasteiger partial charge < -0.3 is 14.2 Å². The number of hydrogen-bond donors (Lipinski definition) is 1.